The number of nitrogens with zero attached hydrogens (tertiary/aromatic N) is 2. The highest BCUT2D eigenvalue weighted by molar-refractivity contribution is 5.60. The molecule has 0 saturated heterocycles. The van der Waals surface area contributed by atoms with E-state index in [9.17, 15) is 13.2 Å². The van der Waals surface area contributed by atoms with E-state index < -0.39 is 23.1 Å². The smallest absolute Gasteiger partial charge is 0.158 e. The van der Waals surface area contributed by atoms with E-state index in [0.717, 1.165) is 0 Å². The van der Waals surface area contributed by atoms with Gasteiger partial charge >= 0.3 is 0 Å². The van der Waals surface area contributed by atoms with Gasteiger partial charge in [-0.1, -0.05) is 0 Å². The average molecular weight is 299 g/mol. The SMILES string of the molecule is COCc1nc(NN)cc(Nc2c(F)cc(F)cc2F)n1. The molecular weight excluding hydrogens is 287 g/mol. The minimum atomic E-state index is -1.08. The molecule has 0 saturated carbocycles. The molecule has 0 atom stereocenters. The number of benzene rings is 1. The lowest BCUT2D eigenvalue weighted by Crippen LogP contribution is -2.12. The number of hydrogen-bond acceptors (Lipinski definition) is 6. The fourth-order valence-corrected chi connectivity index (χ4v) is 1.62. The van der Waals surface area contributed by atoms with Crippen molar-refractivity contribution in [3.63, 3.8) is 0 Å². The van der Waals surface area contributed by atoms with Crippen molar-refractivity contribution in [1.82, 2.24) is 9.97 Å². The van der Waals surface area contributed by atoms with Crippen LogP contribution in [0, 0.1) is 17.5 Å². The predicted octanol–water partition coefficient (Wildman–Crippen LogP) is 2.07. The second-order valence-electron chi connectivity index (χ2n) is 4.00. The van der Waals surface area contributed by atoms with Crippen LogP contribution in [0.25, 0.3) is 0 Å². The maximum absolute atomic E-state index is 13.6. The first-order chi connectivity index (χ1) is 10.0. The van der Waals surface area contributed by atoms with Gasteiger partial charge in [0.05, 0.1) is 0 Å². The van der Waals surface area contributed by atoms with E-state index in [2.05, 4.69) is 20.7 Å². The summed E-state index contributed by atoms with van der Waals surface area (Å²) < 4.78 is 44.9. The molecule has 0 spiro atoms. The van der Waals surface area contributed by atoms with Gasteiger partial charge < -0.3 is 15.5 Å². The summed E-state index contributed by atoms with van der Waals surface area (Å²) in [4.78, 5) is 7.98. The quantitative estimate of drug-likeness (QED) is 0.579. The van der Waals surface area contributed by atoms with E-state index in [1.807, 2.05) is 0 Å². The summed E-state index contributed by atoms with van der Waals surface area (Å²) in [6, 6.07) is 2.46. The van der Waals surface area contributed by atoms with Crippen LogP contribution in [-0.2, 0) is 11.3 Å². The van der Waals surface area contributed by atoms with Gasteiger partial charge in [0.1, 0.15) is 29.7 Å². The van der Waals surface area contributed by atoms with Crippen molar-refractivity contribution >= 4 is 17.3 Å². The van der Waals surface area contributed by atoms with E-state index in [0.29, 0.717) is 12.1 Å². The van der Waals surface area contributed by atoms with Crippen LogP contribution >= 0.6 is 0 Å². The first kappa shape index (κ1) is 15.0. The number of halogens is 3. The van der Waals surface area contributed by atoms with E-state index in [4.69, 9.17) is 10.6 Å². The number of rotatable bonds is 5. The number of nitrogen functional groups attached to an aromatic ring is 1. The van der Waals surface area contributed by atoms with Gasteiger partial charge in [-0.25, -0.2) is 29.0 Å². The van der Waals surface area contributed by atoms with Crippen LogP contribution in [0.3, 0.4) is 0 Å². The minimum Gasteiger partial charge on any atom is -0.377 e. The number of anilines is 3. The third kappa shape index (κ3) is 3.58. The zero-order chi connectivity index (χ0) is 15.4. The molecule has 1 heterocycles. The van der Waals surface area contributed by atoms with Crippen LogP contribution in [0.4, 0.5) is 30.5 Å². The summed E-state index contributed by atoms with van der Waals surface area (Å²) in [5.41, 5.74) is 1.77. The summed E-state index contributed by atoms with van der Waals surface area (Å²) in [5, 5.41) is 2.42. The second kappa shape index (κ2) is 6.37. The number of ether oxygens (including phenoxy) is 1. The Balaban J connectivity index is 2.37. The predicted molar refractivity (Wildman–Crippen MR) is 70.2 cm³/mol. The topological polar surface area (TPSA) is 85.1 Å². The molecule has 0 fully saturated rings. The van der Waals surface area contributed by atoms with E-state index in [1.165, 1.54) is 13.2 Å². The van der Waals surface area contributed by atoms with Crippen LogP contribution in [0.5, 0.6) is 0 Å². The van der Waals surface area contributed by atoms with Crippen molar-refractivity contribution < 1.29 is 17.9 Å². The first-order valence-corrected chi connectivity index (χ1v) is 5.78. The number of nitrogens with one attached hydrogen (secondary N) is 2. The van der Waals surface area contributed by atoms with Crippen LogP contribution in [0.2, 0.25) is 0 Å². The zero-order valence-corrected chi connectivity index (χ0v) is 11.0. The molecule has 2 rings (SSSR count). The highest BCUT2D eigenvalue weighted by Crippen LogP contribution is 2.24. The maximum atomic E-state index is 13.6. The standard InChI is InChI=1S/C12H12F3N5O/c1-21-5-11-17-9(4-10(18-11)20-16)19-12-7(14)2-6(13)3-8(12)15/h2-4H,5,16H2,1H3,(H2,17,18,19,20). The second-order valence-corrected chi connectivity index (χ2v) is 4.00. The lowest BCUT2D eigenvalue weighted by Gasteiger charge is -2.11. The summed E-state index contributed by atoms with van der Waals surface area (Å²) in [5.74, 6) is 2.63. The number of methoxy groups -OCH3 is 1. The van der Waals surface area contributed by atoms with Crippen LogP contribution < -0.4 is 16.6 Å². The minimum absolute atomic E-state index is 0.0782. The Hall–Kier alpha value is -2.39. The third-order valence-electron chi connectivity index (χ3n) is 2.45. The van der Waals surface area contributed by atoms with Crippen molar-refractivity contribution in [3.05, 3.63) is 41.5 Å². The Morgan fingerprint density at radius 3 is 2.29 bits per heavy atom. The van der Waals surface area contributed by atoms with Gasteiger partial charge in [0.2, 0.25) is 0 Å². The van der Waals surface area contributed by atoms with E-state index in [-0.39, 0.29) is 24.1 Å². The molecule has 2 aromatic rings. The summed E-state index contributed by atoms with van der Waals surface area (Å²) in [7, 11) is 1.44. The third-order valence-corrected chi connectivity index (χ3v) is 2.45. The molecule has 1 aromatic carbocycles. The van der Waals surface area contributed by atoms with Gasteiger partial charge in [-0.2, -0.15) is 0 Å². The van der Waals surface area contributed by atoms with Crippen LogP contribution in [-0.4, -0.2) is 17.1 Å². The molecule has 0 radical (unpaired) electrons. The van der Waals surface area contributed by atoms with Crippen molar-refractivity contribution in [3.8, 4) is 0 Å². The molecule has 9 heteroatoms. The molecule has 1 aromatic heterocycles. The molecule has 0 amide bonds. The van der Waals surface area contributed by atoms with E-state index >= 15 is 0 Å². The number of hydrazine groups is 1. The Morgan fingerprint density at radius 1 is 1.10 bits per heavy atom. The van der Waals surface area contributed by atoms with Crippen molar-refractivity contribution in [2.75, 3.05) is 17.9 Å². The van der Waals surface area contributed by atoms with Crippen molar-refractivity contribution in [1.29, 1.82) is 0 Å². The fraction of sp³-hybridized carbons (Fsp3) is 0.167. The number of hydrogen-bond donors (Lipinski definition) is 3. The number of nitrogens with two attached hydrogens (primary N) is 1. The lowest BCUT2D eigenvalue weighted by atomic mass is 10.2. The molecule has 112 valence electrons. The normalized spacial score (nSPS) is 10.5. The molecule has 6 nitrogen and oxygen atoms in total. The maximum Gasteiger partial charge on any atom is 0.158 e. The molecule has 0 unspecified atom stereocenters. The Kier molecular flexibility index (Phi) is 4.55. The van der Waals surface area contributed by atoms with Crippen LogP contribution in [0.1, 0.15) is 5.82 Å². The van der Waals surface area contributed by atoms with Gasteiger partial charge in [-0.05, 0) is 0 Å². The molecule has 4 N–H and O–H groups in total. The van der Waals surface area contributed by atoms with Gasteiger partial charge in [-0.15, -0.1) is 0 Å². The Labute approximate surface area is 118 Å². The van der Waals surface area contributed by atoms with Gasteiger partial charge in [0.15, 0.2) is 17.5 Å². The first-order valence-electron chi connectivity index (χ1n) is 5.78. The lowest BCUT2D eigenvalue weighted by molar-refractivity contribution is 0.178. The van der Waals surface area contributed by atoms with Crippen molar-refractivity contribution in [2.24, 2.45) is 5.84 Å². The van der Waals surface area contributed by atoms with Gasteiger partial charge in [0.25, 0.3) is 0 Å². The molecule has 21 heavy (non-hydrogen) atoms. The highest BCUT2D eigenvalue weighted by Gasteiger charge is 2.13. The Bertz CT molecular complexity index is 630. The van der Waals surface area contributed by atoms with E-state index in [1.54, 1.807) is 0 Å². The monoisotopic (exact) mass is 299 g/mol. The molecule has 0 aliphatic rings. The molecule has 0 aliphatic carbocycles. The van der Waals surface area contributed by atoms with Gasteiger partial charge in [0, 0.05) is 25.3 Å². The Morgan fingerprint density at radius 2 is 1.71 bits per heavy atom. The number of aromatic nitrogens is 2. The fourth-order valence-electron chi connectivity index (χ4n) is 1.62. The highest BCUT2D eigenvalue weighted by atomic mass is 19.1. The molecule has 0 aliphatic heterocycles. The summed E-state index contributed by atoms with van der Waals surface area (Å²) in [6.07, 6.45) is 0. The summed E-state index contributed by atoms with van der Waals surface area (Å²) >= 11 is 0. The molecule has 0 bridgehead atoms. The van der Waals surface area contributed by atoms with Crippen LogP contribution in [0.15, 0.2) is 18.2 Å². The summed E-state index contributed by atoms with van der Waals surface area (Å²) in [6.45, 7) is 0.0819. The molecular formula is C12H12F3N5O. The zero-order valence-electron chi connectivity index (χ0n) is 11.0. The average Bonchev–Trinajstić information content (AvgIpc) is 2.43. The van der Waals surface area contributed by atoms with Crippen molar-refractivity contribution in [2.45, 2.75) is 6.61 Å². The van der Waals surface area contributed by atoms with Gasteiger partial charge in [-0.3, -0.25) is 0 Å². The largest absolute Gasteiger partial charge is 0.377 e.